The Balaban J connectivity index is 2.93. The first-order chi connectivity index (χ1) is 9.51. The summed E-state index contributed by atoms with van der Waals surface area (Å²) in [7, 11) is 0. The molecule has 0 saturated heterocycles. The van der Waals surface area contributed by atoms with Crippen molar-refractivity contribution in [1.29, 1.82) is 0 Å². The molecule has 1 amide bonds. The second-order valence-electron chi connectivity index (χ2n) is 4.47. The molecule has 1 rings (SSSR count). The minimum absolute atomic E-state index is 0.0113. The SMILES string of the molecule is CCCN(CC(=O)OCC)C(=O)c1cccc(C)c1F. The maximum absolute atomic E-state index is 14.0. The van der Waals surface area contributed by atoms with E-state index >= 15 is 0 Å². The second kappa shape index (κ2) is 7.62. The molecule has 110 valence electrons. The Morgan fingerprint density at radius 1 is 1.30 bits per heavy atom. The maximum Gasteiger partial charge on any atom is 0.325 e. The van der Waals surface area contributed by atoms with E-state index in [0.717, 1.165) is 0 Å². The van der Waals surface area contributed by atoms with Gasteiger partial charge in [0.15, 0.2) is 0 Å². The van der Waals surface area contributed by atoms with Crippen LogP contribution in [0.2, 0.25) is 0 Å². The molecule has 0 spiro atoms. The highest BCUT2D eigenvalue weighted by molar-refractivity contribution is 5.96. The van der Waals surface area contributed by atoms with Crippen LogP contribution >= 0.6 is 0 Å². The predicted molar refractivity (Wildman–Crippen MR) is 74.0 cm³/mol. The van der Waals surface area contributed by atoms with Gasteiger partial charge in [0, 0.05) is 6.54 Å². The minimum Gasteiger partial charge on any atom is -0.465 e. The second-order valence-corrected chi connectivity index (χ2v) is 4.47. The van der Waals surface area contributed by atoms with E-state index in [2.05, 4.69) is 0 Å². The zero-order valence-electron chi connectivity index (χ0n) is 12.1. The molecule has 4 nitrogen and oxygen atoms in total. The van der Waals surface area contributed by atoms with E-state index in [9.17, 15) is 14.0 Å². The largest absolute Gasteiger partial charge is 0.465 e. The lowest BCUT2D eigenvalue weighted by atomic mass is 10.1. The fourth-order valence-electron chi connectivity index (χ4n) is 1.87. The smallest absolute Gasteiger partial charge is 0.325 e. The van der Waals surface area contributed by atoms with Gasteiger partial charge >= 0.3 is 5.97 Å². The summed E-state index contributed by atoms with van der Waals surface area (Å²) < 4.78 is 18.8. The standard InChI is InChI=1S/C15H20FNO3/c1-4-9-17(10-13(18)20-5-2)15(19)12-8-6-7-11(3)14(12)16/h6-8H,4-5,9-10H2,1-3H3. The number of rotatable bonds is 6. The highest BCUT2D eigenvalue weighted by atomic mass is 19.1. The van der Waals surface area contributed by atoms with Crippen LogP contribution in [0.1, 0.15) is 36.2 Å². The zero-order valence-corrected chi connectivity index (χ0v) is 12.1. The Morgan fingerprint density at radius 2 is 2.00 bits per heavy atom. The summed E-state index contributed by atoms with van der Waals surface area (Å²) in [5.74, 6) is -1.51. The van der Waals surface area contributed by atoms with Gasteiger partial charge in [0.1, 0.15) is 12.4 Å². The average molecular weight is 281 g/mol. The van der Waals surface area contributed by atoms with Crippen molar-refractivity contribution in [2.45, 2.75) is 27.2 Å². The number of esters is 1. The van der Waals surface area contributed by atoms with E-state index < -0.39 is 17.7 Å². The summed E-state index contributed by atoms with van der Waals surface area (Å²) >= 11 is 0. The van der Waals surface area contributed by atoms with Crippen LogP contribution in [-0.4, -0.2) is 36.5 Å². The van der Waals surface area contributed by atoms with Crippen molar-refractivity contribution in [3.8, 4) is 0 Å². The van der Waals surface area contributed by atoms with Crippen molar-refractivity contribution >= 4 is 11.9 Å². The maximum atomic E-state index is 14.0. The van der Waals surface area contributed by atoms with Crippen LogP contribution in [0.5, 0.6) is 0 Å². The third kappa shape index (κ3) is 4.05. The highest BCUT2D eigenvalue weighted by Crippen LogP contribution is 2.14. The molecule has 5 heteroatoms. The molecule has 0 heterocycles. The quantitative estimate of drug-likeness (QED) is 0.753. The van der Waals surface area contributed by atoms with E-state index in [1.54, 1.807) is 26.0 Å². The van der Waals surface area contributed by atoms with Crippen LogP contribution in [0, 0.1) is 12.7 Å². The Kier molecular flexibility index (Phi) is 6.15. The molecular formula is C15H20FNO3. The predicted octanol–water partition coefficient (Wildman–Crippen LogP) is 2.55. The van der Waals surface area contributed by atoms with Crippen molar-refractivity contribution < 1.29 is 18.7 Å². The number of amides is 1. The molecule has 0 aliphatic carbocycles. The summed E-state index contributed by atoms with van der Waals surface area (Å²) in [4.78, 5) is 25.1. The van der Waals surface area contributed by atoms with Gasteiger partial charge in [-0.2, -0.15) is 0 Å². The lowest BCUT2D eigenvalue weighted by molar-refractivity contribution is -0.143. The summed E-state index contributed by atoms with van der Waals surface area (Å²) in [6, 6.07) is 4.65. The van der Waals surface area contributed by atoms with Crippen LogP contribution in [-0.2, 0) is 9.53 Å². The van der Waals surface area contributed by atoms with Gasteiger partial charge in [-0.25, -0.2) is 4.39 Å². The Labute approximate surface area is 118 Å². The monoisotopic (exact) mass is 281 g/mol. The molecule has 0 aromatic heterocycles. The van der Waals surface area contributed by atoms with Crippen LogP contribution in [0.25, 0.3) is 0 Å². The van der Waals surface area contributed by atoms with Crippen molar-refractivity contribution in [3.05, 3.63) is 35.1 Å². The first kappa shape index (κ1) is 16.1. The first-order valence-corrected chi connectivity index (χ1v) is 6.71. The lowest BCUT2D eigenvalue weighted by Gasteiger charge is -2.21. The summed E-state index contributed by atoms with van der Waals surface area (Å²) in [5, 5.41) is 0. The first-order valence-electron chi connectivity index (χ1n) is 6.71. The molecule has 0 N–H and O–H groups in total. The van der Waals surface area contributed by atoms with Gasteiger partial charge in [-0.3, -0.25) is 9.59 Å². The summed E-state index contributed by atoms with van der Waals surface area (Å²) in [6.07, 6.45) is 0.679. The van der Waals surface area contributed by atoms with E-state index in [0.29, 0.717) is 18.5 Å². The van der Waals surface area contributed by atoms with Gasteiger partial charge in [0.2, 0.25) is 0 Å². The van der Waals surface area contributed by atoms with E-state index in [-0.39, 0.29) is 18.7 Å². The lowest BCUT2D eigenvalue weighted by Crippen LogP contribution is -2.37. The number of halogens is 1. The third-order valence-electron chi connectivity index (χ3n) is 2.83. The molecule has 1 aromatic carbocycles. The number of aryl methyl sites for hydroxylation is 1. The molecular weight excluding hydrogens is 261 g/mol. The number of carbonyl (C=O) groups excluding carboxylic acids is 2. The molecule has 0 atom stereocenters. The van der Waals surface area contributed by atoms with Crippen LogP contribution < -0.4 is 0 Å². The average Bonchev–Trinajstić information content (AvgIpc) is 2.41. The fourth-order valence-corrected chi connectivity index (χ4v) is 1.87. The Hall–Kier alpha value is -1.91. The van der Waals surface area contributed by atoms with E-state index in [4.69, 9.17) is 4.74 Å². The number of nitrogens with zero attached hydrogens (tertiary/aromatic N) is 1. The molecule has 0 aliphatic heterocycles. The Morgan fingerprint density at radius 3 is 2.60 bits per heavy atom. The van der Waals surface area contributed by atoms with Crippen molar-refractivity contribution in [1.82, 2.24) is 4.90 Å². The topological polar surface area (TPSA) is 46.6 Å². The number of benzene rings is 1. The normalized spacial score (nSPS) is 10.2. The molecule has 1 aromatic rings. The number of ether oxygens (including phenoxy) is 1. The molecule has 20 heavy (non-hydrogen) atoms. The molecule has 0 aliphatic rings. The van der Waals surface area contributed by atoms with Crippen LogP contribution in [0.15, 0.2) is 18.2 Å². The molecule has 0 radical (unpaired) electrons. The van der Waals surface area contributed by atoms with Crippen molar-refractivity contribution in [2.24, 2.45) is 0 Å². The number of hydrogen-bond acceptors (Lipinski definition) is 3. The molecule has 0 bridgehead atoms. The van der Waals surface area contributed by atoms with Gasteiger partial charge in [0.25, 0.3) is 5.91 Å². The van der Waals surface area contributed by atoms with Gasteiger partial charge in [0.05, 0.1) is 12.2 Å². The highest BCUT2D eigenvalue weighted by Gasteiger charge is 2.22. The number of carbonyl (C=O) groups is 2. The fraction of sp³-hybridized carbons (Fsp3) is 0.467. The van der Waals surface area contributed by atoms with Gasteiger partial charge in [-0.15, -0.1) is 0 Å². The van der Waals surface area contributed by atoms with Crippen LogP contribution in [0.3, 0.4) is 0 Å². The van der Waals surface area contributed by atoms with Crippen molar-refractivity contribution in [2.75, 3.05) is 19.7 Å². The summed E-state index contributed by atoms with van der Waals surface area (Å²) in [6.45, 7) is 5.66. The van der Waals surface area contributed by atoms with Gasteiger partial charge in [-0.05, 0) is 31.9 Å². The summed E-state index contributed by atoms with van der Waals surface area (Å²) in [5.41, 5.74) is 0.395. The third-order valence-corrected chi connectivity index (χ3v) is 2.83. The van der Waals surface area contributed by atoms with Crippen molar-refractivity contribution in [3.63, 3.8) is 0 Å². The molecule has 0 unspecified atom stereocenters. The Bertz CT molecular complexity index is 488. The zero-order chi connectivity index (χ0) is 15.1. The minimum atomic E-state index is -0.539. The van der Waals surface area contributed by atoms with Gasteiger partial charge < -0.3 is 9.64 Å². The van der Waals surface area contributed by atoms with E-state index in [1.165, 1.54) is 11.0 Å². The van der Waals surface area contributed by atoms with Gasteiger partial charge in [-0.1, -0.05) is 19.1 Å². The van der Waals surface area contributed by atoms with E-state index in [1.807, 2.05) is 6.92 Å². The number of hydrogen-bond donors (Lipinski definition) is 0. The van der Waals surface area contributed by atoms with Crippen LogP contribution in [0.4, 0.5) is 4.39 Å². The molecule has 0 fully saturated rings. The molecule has 0 saturated carbocycles.